The molecule has 0 N–H and O–H groups in total. The Kier molecular flexibility index (Phi) is 3.20. The fraction of sp³-hybridized carbons (Fsp3) is 0.667. The van der Waals surface area contributed by atoms with Crippen molar-refractivity contribution in [3.8, 4) is 6.07 Å². The maximum atomic E-state index is 11.6. The summed E-state index contributed by atoms with van der Waals surface area (Å²) in [5.41, 5.74) is 1.14. The lowest BCUT2D eigenvalue weighted by Gasteiger charge is -2.18. The van der Waals surface area contributed by atoms with E-state index in [-0.39, 0.29) is 11.5 Å². The van der Waals surface area contributed by atoms with Gasteiger partial charge in [0.05, 0.1) is 28.7 Å². The van der Waals surface area contributed by atoms with Crippen molar-refractivity contribution in [2.75, 3.05) is 11.5 Å². The van der Waals surface area contributed by atoms with Gasteiger partial charge in [0.25, 0.3) is 0 Å². The van der Waals surface area contributed by atoms with Gasteiger partial charge in [-0.05, 0) is 18.9 Å². The van der Waals surface area contributed by atoms with Crippen LogP contribution in [0.3, 0.4) is 0 Å². The van der Waals surface area contributed by atoms with Crippen LogP contribution >= 0.6 is 0 Å². The molecular weight excluding hydrogens is 250 g/mol. The Balaban J connectivity index is 2.27. The second-order valence-electron chi connectivity index (χ2n) is 5.02. The predicted molar refractivity (Wildman–Crippen MR) is 67.6 cm³/mol. The van der Waals surface area contributed by atoms with E-state index in [2.05, 4.69) is 11.2 Å². The summed E-state index contributed by atoms with van der Waals surface area (Å²) in [6.45, 7) is 2.02. The standard InChI is InChI=1S/C12H17N3O2S/c1-3-10-6-11(15(2)14-10)7-12(8-13)4-5-18(16,17)9-12/h6H,3-5,7,9H2,1-2H3. The van der Waals surface area contributed by atoms with Crippen LogP contribution in [0.5, 0.6) is 0 Å². The van der Waals surface area contributed by atoms with Crippen molar-refractivity contribution in [1.29, 1.82) is 5.26 Å². The summed E-state index contributed by atoms with van der Waals surface area (Å²) >= 11 is 0. The molecule has 1 aliphatic rings. The van der Waals surface area contributed by atoms with Gasteiger partial charge < -0.3 is 0 Å². The summed E-state index contributed by atoms with van der Waals surface area (Å²) in [5.74, 6) is 0.0994. The zero-order valence-corrected chi connectivity index (χ0v) is 11.5. The first kappa shape index (κ1) is 13.1. The van der Waals surface area contributed by atoms with E-state index in [1.54, 1.807) is 4.68 Å². The van der Waals surface area contributed by atoms with Crippen LogP contribution in [0.25, 0.3) is 0 Å². The third-order valence-electron chi connectivity index (χ3n) is 3.53. The molecule has 0 aromatic carbocycles. The molecule has 1 aliphatic heterocycles. The number of sulfone groups is 1. The van der Waals surface area contributed by atoms with E-state index in [4.69, 9.17) is 0 Å². The normalized spacial score (nSPS) is 26.1. The van der Waals surface area contributed by atoms with E-state index in [0.717, 1.165) is 17.8 Å². The molecule has 98 valence electrons. The molecule has 0 radical (unpaired) electrons. The number of aromatic nitrogens is 2. The van der Waals surface area contributed by atoms with Crippen molar-refractivity contribution >= 4 is 9.84 Å². The number of aryl methyl sites for hydroxylation is 2. The Morgan fingerprint density at radius 2 is 2.33 bits per heavy atom. The third kappa shape index (κ3) is 2.41. The zero-order valence-electron chi connectivity index (χ0n) is 10.7. The summed E-state index contributed by atoms with van der Waals surface area (Å²) in [5, 5.41) is 13.7. The maximum absolute atomic E-state index is 11.6. The summed E-state index contributed by atoms with van der Waals surface area (Å²) < 4.78 is 24.9. The number of nitriles is 1. The van der Waals surface area contributed by atoms with E-state index in [1.165, 1.54) is 0 Å². The highest BCUT2D eigenvalue weighted by Gasteiger charge is 2.43. The molecule has 0 saturated carbocycles. The molecular formula is C12H17N3O2S. The minimum absolute atomic E-state index is 0.0247. The predicted octanol–water partition coefficient (Wildman–Crippen LogP) is 0.853. The minimum atomic E-state index is -3.05. The molecule has 1 unspecified atom stereocenters. The van der Waals surface area contributed by atoms with Gasteiger partial charge in [0.1, 0.15) is 0 Å². The van der Waals surface area contributed by atoms with Crippen LogP contribution in [0.4, 0.5) is 0 Å². The van der Waals surface area contributed by atoms with Crippen LogP contribution in [-0.2, 0) is 29.7 Å². The molecule has 18 heavy (non-hydrogen) atoms. The molecule has 2 rings (SSSR count). The molecule has 1 aromatic rings. The SMILES string of the molecule is CCc1cc(CC2(C#N)CCS(=O)(=O)C2)n(C)n1. The lowest BCUT2D eigenvalue weighted by atomic mass is 9.84. The van der Waals surface area contributed by atoms with Crippen LogP contribution in [0.15, 0.2) is 6.07 Å². The minimum Gasteiger partial charge on any atom is -0.272 e. The summed E-state index contributed by atoms with van der Waals surface area (Å²) in [7, 11) is -1.21. The van der Waals surface area contributed by atoms with Gasteiger partial charge in [0.15, 0.2) is 9.84 Å². The van der Waals surface area contributed by atoms with Gasteiger partial charge in [-0.3, -0.25) is 4.68 Å². The monoisotopic (exact) mass is 267 g/mol. The summed E-state index contributed by atoms with van der Waals surface area (Å²) in [6, 6.07) is 4.18. The summed E-state index contributed by atoms with van der Waals surface area (Å²) in [6.07, 6.45) is 1.73. The quantitative estimate of drug-likeness (QED) is 0.813. The van der Waals surface area contributed by atoms with Crippen LogP contribution in [0.2, 0.25) is 0 Å². The van der Waals surface area contributed by atoms with Crippen LogP contribution in [0.1, 0.15) is 24.7 Å². The summed E-state index contributed by atoms with van der Waals surface area (Å²) in [4.78, 5) is 0. The number of nitrogens with zero attached hydrogens (tertiary/aromatic N) is 3. The molecule has 1 atom stereocenters. The Bertz CT molecular complexity index is 597. The first-order valence-corrected chi connectivity index (χ1v) is 7.85. The number of hydrogen-bond acceptors (Lipinski definition) is 4. The molecule has 0 bridgehead atoms. The van der Waals surface area contributed by atoms with E-state index in [1.807, 2.05) is 20.0 Å². The van der Waals surface area contributed by atoms with Crippen molar-refractivity contribution < 1.29 is 8.42 Å². The largest absolute Gasteiger partial charge is 0.272 e. The second-order valence-corrected chi connectivity index (χ2v) is 7.20. The fourth-order valence-corrected chi connectivity index (χ4v) is 4.44. The van der Waals surface area contributed by atoms with Crippen molar-refractivity contribution in [1.82, 2.24) is 9.78 Å². The van der Waals surface area contributed by atoms with Gasteiger partial charge in [0.2, 0.25) is 0 Å². The Morgan fingerprint density at radius 3 is 2.78 bits per heavy atom. The maximum Gasteiger partial charge on any atom is 0.151 e. The van der Waals surface area contributed by atoms with Gasteiger partial charge in [-0.1, -0.05) is 6.92 Å². The van der Waals surface area contributed by atoms with Crippen molar-refractivity contribution in [3.63, 3.8) is 0 Å². The molecule has 1 saturated heterocycles. The molecule has 0 aliphatic carbocycles. The lowest BCUT2D eigenvalue weighted by Crippen LogP contribution is -2.24. The molecule has 1 aromatic heterocycles. The van der Waals surface area contributed by atoms with Gasteiger partial charge in [-0.15, -0.1) is 0 Å². The lowest BCUT2D eigenvalue weighted by molar-refractivity contribution is 0.435. The molecule has 5 nitrogen and oxygen atoms in total. The van der Waals surface area contributed by atoms with E-state index >= 15 is 0 Å². The van der Waals surface area contributed by atoms with Gasteiger partial charge in [0, 0.05) is 19.2 Å². The highest BCUT2D eigenvalue weighted by molar-refractivity contribution is 7.91. The van der Waals surface area contributed by atoms with Gasteiger partial charge in [-0.2, -0.15) is 10.4 Å². The second kappa shape index (κ2) is 4.39. The molecule has 2 heterocycles. The van der Waals surface area contributed by atoms with Crippen LogP contribution in [0, 0.1) is 16.7 Å². The van der Waals surface area contributed by atoms with Gasteiger partial charge >= 0.3 is 0 Å². The first-order valence-electron chi connectivity index (χ1n) is 6.03. The van der Waals surface area contributed by atoms with E-state index in [0.29, 0.717) is 12.8 Å². The van der Waals surface area contributed by atoms with Crippen molar-refractivity contribution in [2.24, 2.45) is 12.5 Å². The molecule has 0 amide bonds. The topological polar surface area (TPSA) is 75.8 Å². The smallest absolute Gasteiger partial charge is 0.151 e. The average Bonchev–Trinajstić information content (AvgIpc) is 2.81. The molecule has 1 fully saturated rings. The molecule has 6 heteroatoms. The van der Waals surface area contributed by atoms with E-state index < -0.39 is 15.3 Å². The van der Waals surface area contributed by atoms with E-state index in [9.17, 15) is 13.7 Å². The molecule has 0 spiro atoms. The van der Waals surface area contributed by atoms with Crippen molar-refractivity contribution in [2.45, 2.75) is 26.2 Å². The van der Waals surface area contributed by atoms with Crippen LogP contribution < -0.4 is 0 Å². The van der Waals surface area contributed by atoms with Crippen molar-refractivity contribution in [3.05, 3.63) is 17.5 Å². The highest BCUT2D eigenvalue weighted by Crippen LogP contribution is 2.35. The third-order valence-corrected chi connectivity index (χ3v) is 5.35. The Hall–Kier alpha value is -1.35. The number of rotatable bonds is 3. The highest BCUT2D eigenvalue weighted by atomic mass is 32.2. The van der Waals surface area contributed by atoms with Crippen LogP contribution in [-0.4, -0.2) is 29.7 Å². The zero-order chi connectivity index (χ0) is 13.4. The first-order chi connectivity index (χ1) is 8.40. The average molecular weight is 267 g/mol. The Labute approximate surface area is 107 Å². The van der Waals surface area contributed by atoms with Gasteiger partial charge in [-0.25, -0.2) is 8.42 Å². The fourth-order valence-electron chi connectivity index (χ4n) is 2.44. The Morgan fingerprint density at radius 1 is 1.61 bits per heavy atom. The number of hydrogen-bond donors (Lipinski definition) is 0.